The molecule has 6 heteroatoms. The molecule has 5 rings (SSSR count). The molecule has 0 unspecified atom stereocenters. The molecule has 0 aliphatic carbocycles. The summed E-state index contributed by atoms with van der Waals surface area (Å²) in [5.74, 6) is 1.03. The van der Waals surface area contributed by atoms with Gasteiger partial charge in [0.1, 0.15) is 5.75 Å². The minimum absolute atomic E-state index is 0.0374. The second-order valence-corrected chi connectivity index (χ2v) is 9.30. The molecule has 3 aliphatic heterocycles. The van der Waals surface area contributed by atoms with Crippen LogP contribution in [0.15, 0.2) is 48.5 Å². The summed E-state index contributed by atoms with van der Waals surface area (Å²) in [6, 6.07) is 16.4. The van der Waals surface area contributed by atoms with Gasteiger partial charge in [-0.05, 0) is 67.9 Å². The van der Waals surface area contributed by atoms with Crippen molar-refractivity contribution in [3.8, 4) is 5.75 Å². The van der Waals surface area contributed by atoms with Crippen molar-refractivity contribution in [1.29, 1.82) is 0 Å². The molecule has 0 aromatic heterocycles. The number of piperidine rings is 2. The van der Waals surface area contributed by atoms with E-state index in [1.807, 2.05) is 36.1 Å². The number of nitrogens with zero attached hydrogens (tertiary/aromatic N) is 2. The number of carbonyl (C=O) groups is 2. The first-order chi connectivity index (χ1) is 16.2. The third-order valence-electron chi connectivity index (χ3n) is 7.42. The van der Waals surface area contributed by atoms with Crippen LogP contribution in [0, 0.1) is 5.92 Å². The molecule has 2 aromatic rings. The lowest BCUT2D eigenvalue weighted by Crippen LogP contribution is -2.61. The van der Waals surface area contributed by atoms with Gasteiger partial charge in [-0.25, -0.2) is 4.79 Å². The lowest BCUT2D eigenvalue weighted by atomic mass is 9.76. The van der Waals surface area contributed by atoms with Crippen LogP contribution >= 0.6 is 0 Å². The van der Waals surface area contributed by atoms with Crippen molar-refractivity contribution in [1.82, 2.24) is 15.1 Å². The summed E-state index contributed by atoms with van der Waals surface area (Å²) < 4.78 is 5.69. The number of ether oxygens (including phenoxy) is 1. The number of nitrogens with one attached hydrogen (secondary N) is 1. The number of amides is 3. The minimum atomic E-state index is -0.0841. The van der Waals surface area contributed by atoms with Crippen LogP contribution in [0.4, 0.5) is 4.79 Å². The standard InChI is InChI=1S/C27H33N3O3/c1-2-33-21-10-11-22-20(17-21)13-16-29-24(22)18-25-23(26(29)31)9-6-15-30(25)27(32)28-14-12-19-7-4-3-5-8-19/h3-5,7-8,10-11,17,23-25H,2,6,9,12-16,18H2,1H3,(H,28,32)/t23-,24-,25-/m1/s1. The number of urea groups is 1. The van der Waals surface area contributed by atoms with Crippen LogP contribution in [0.25, 0.3) is 0 Å². The highest BCUT2D eigenvalue weighted by Gasteiger charge is 2.48. The summed E-state index contributed by atoms with van der Waals surface area (Å²) in [7, 11) is 0. The molecule has 6 nitrogen and oxygen atoms in total. The molecule has 0 saturated carbocycles. The maximum Gasteiger partial charge on any atom is 0.317 e. The minimum Gasteiger partial charge on any atom is -0.494 e. The fourth-order valence-corrected chi connectivity index (χ4v) is 5.85. The SMILES string of the molecule is CCOc1ccc2c(c1)CCN1C(=O)[C@@H]3CCCN(C(=O)NCCc4ccccc4)[C@@H]3C[C@H]21. The number of likely N-dealkylation sites (tertiary alicyclic amines) is 1. The van der Waals surface area contributed by atoms with Crippen LogP contribution in [0.5, 0.6) is 5.75 Å². The van der Waals surface area contributed by atoms with E-state index in [9.17, 15) is 9.59 Å². The Morgan fingerprint density at radius 1 is 1.15 bits per heavy atom. The van der Waals surface area contributed by atoms with E-state index >= 15 is 0 Å². The van der Waals surface area contributed by atoms with Gasteiger partial charge in [0.05, 0.1) is 18.6 Å². The summed E-state index contributed by atoms with van der Waals surface area (Å²) in [5.41, 5.74) is 3.69. The van der Waals surface area contributed by atoms with Crippen molar-refractivity contribution in [2.24, 2.45) is 5.92 Å². The summed E-state index contributed by atoms with van der Waals surface area (Å²) in [6.45, 7) is 4.70. The second-order valence-electron chi connectivity index (χ2n) is 9.30. The number of fused-ring (bicyclic) bond motifs is 4. The first kappa shape index (κ1) is 21.8. The Morgan fingerprint density at radius 2 is 2.00 bits per heavy atom. The third kappa shape index (κ3) is 4.31. The van der Waals surface area contributed by atoms with Crippen LogP contribution in [0.1, 0.15) is 48.9 Å². The fourth-order valence-electron chi connectivity index (χ4n) is 5.85. The van der Waals surface area contributed by atoms with Gasteiger partial charge in [0.2, 0.25) is 5.91 Å². The maximum atomic E-state index is 13.5. The van der Waals surface area contributed by atoms with Crippen LogP contribution in [-0.4, -0.2) is 54.0 Å². The zero-order valence-electron chi connectivity index (χ0n) is 19.3. The molecule has 0 bridgehead atoms. The smallest absolute Gasteiger partial charge is 0.317 e. The summed E-state index contributed by atoms with van der Waals surface area (Å²) in [6.07, 6.45) is 4.23. The van der Waals surface area contributed by atoms with Crippen molar-refractivity contribution in [3.63, 3.8) is 0 Å². The van der Waals surface area contributed by atoms with Gasteiger partial charge in [0, 0.05) is 25.7 Å². The van der Waals surface area contributed by atoms with Gasteiger partial charge >= 0.3 is 6.03 Å². The van der Waals surface area contributed by atoms with Crippen molar-refractivity contribution < 1.29 is 14.3 Å². The van der Waals surface area contributed by atoms with Crippen LogP contribution in [0.3, 0.4) is 0 Å². The first-order valence-electron chi connectivity index (χ1n) is 12.3. The second kappa shape index (κ2) is 9.46. The van der Waals surface area contributed by atoms with Crippen LogP contribution < -0.4 is 10.1 Å². The Balaban J connectivity index is 1.31. The Kier molecular flexibility index (Phi) is 6.25. The number of hydrogen-bond donors (Lipinski definition) is 1. The van der Waals surface area contributed by atoms with Gasteiger partial charge in [-0.1, -0.05) is 36.4 Å². The van der Waals surface area contributed by atoms with Gasteiger partial charge in [0.15, 0.2) is 0 Å². The molecule has 3 atom stereocenters. The number of hydrogen-bond acceptors (Lipinski definition) is 3. The number of benzene rings is 2. The monoisotopic (exact) mass is 447 g/mol. The van der Waals surface area contributed by atoms with E-state index in [4.69, 9.17) is 4.74 Å². The van der Waals surface area contributed by atoms with E-state index in [0.717, 1.165) is 44.4 Å². The summed E-state index contributed by atoms with van der Waals surface area (Å²) in [4.78, 5) is 30.6. The largest absolute Gasteiger partial charge is 0.494 e. The van der Waals surface area contributed by atoms with Gasteiger partial charge in [-0.2, -0.15) is 0 Å². The molecule has 0 spiro atoms. The van der Waals surface area contributed by atoms with E-state index in [1.54, 1.807) is 0 Å². The third-order valence-corrected chi connectivity index (χ3v) is 7.42. The lowest BCUT2D eigenvalue weighted by molar-refractivity contribution is -0.148. The van der Waals surface area contributed by atoms with Crippen molar-refractivity contribution in [2.45, 2.75) is 51.1 Å². The van der Waals surface area contributed by atoms with Crippen LogP contribution in [-0.2, 0) is 17.6 Å². The van der Waals surface area contributed by atoms with Gasteiger partial charge in [-0.15, -0.1) is 0 Å². The Labute approximate surface area is 195 Å². The topological polar surface area (TPSA) is 61.9 Å². The first-order valence-corrected chi connectivity index (χ1v) is 12.3. The van der Waals surface area contributed by atoms with Crippen molar-refractivity contribution in [2.75, 3.05) is 26.2 Å². The van der Waals surface area contributed by atoms with E-state index in [-0.39, 0.29) is 29.9 Å². The normalized spacial score (nSPS) is 23.9. The molecular formula is C27H33N3O3. The Hall–Kier alpha value is -3.02. The van der Waals surface area contributed by atoms with Crippen molar-refractivity contribution >= 4 is 11.9 Å². The zero-order valence-corrected chi connectivity index (χ0v) is 19.3. The lowest BCUT2D eigenvalue weighted by Gasteiger charge is -2.51. The number of carbonyl (C=O) groups excluding carboxylic acids is 2. The molecule has 1 N–H and O–H groups in total. The Morgan fingerprint density at radius 3 is 2.82 bits per heavy atom. The molecule has 174 valence electrons. The Bertz CT molecular complexity index is 1010. The predicted molar refractivity (Wildman–Crippen MR) is 127 cm³/mol. The fraction of sp³-hybridized carbons (Fsp3) is 0.481. The molecule has 3 aliphatic rings. The molecular weight excluding hydrogens is 414 g/mol. The van der Waals surface area contributed by atoms with Gasteiger partial charge < -0.3 is 19.9 Å². The maximum absolute atomic E-state index is 13.5. The summed E-state index contributed by atoms with van der Waals surface area (Å²) >= 11 is 0. The van der Waals surface area contributed by atoms with E-state index in [0.29, 0.717) is 19.7 Å². The molecule has 2 aromatic carbocycles. The highest BCUT2D eigenvalue weighted by Crippen LogP contribution is 2.44. The predicted octanol–water partition coefficient (Wildman–Crippen LogP) is 3.95. The quantitative estimate of drug-likeness (QED) is 0.755. The van der Waals surface area contributed by atoms with Crippen LogP contribution in [0.2, 0.25) is 0 Å². The van der Waals surface area contributed by atoms with E-state index in [1.165, 1.54) is 16.7 Å². The van der Waals surface area contributed by atoms with E-state index < -0.39 is 0 Å². The summed E-state index contributed by atoms with van der Waals surface area (Å²) in [5, 5.41) is 3.11. The average Bonchev–Trinajstić information content (AvgIpc) is 2.84. The molecule has 3 amide bonds. The van der Waals surface area contributed by atoms with Gasteiger partial charge in [0.25, 0.3) is 0 Å². The molecule has 33 heavy (non-hydrogen) atoms. The average molecular weight is 448 g/mol. The van der Waals surface area contributed by atoms with Crippen molar-refractivity contribution in [3.05, 3.63) is 65.2 Å². The molecule has 0 radical (unpaired) electrons. The molecule has 2 saturated heterocycles. The molecule has 3 heterocycles. The zero-order chi connectivity index (χ0) is 22.8. The van der Waals surface area contributed by atoms with E-state index in [2.05, 4.69) is 34.5 Å². The molecule has 2 fully saturated rings. The van der Waals surface area contributed by atoms with Gasteiger partial charge in [-0.3, -0.25) is 4.79 Å². The highest BCUT2D eigenvalue weighted by atomic mass is 16.5. The number of rotatable bonds is 5. The highest BCUT2D eigenvalue weighted by molar-refractivity contribution is 5.83.